The SMILES string of the molecule is CCOC(=O)c1nc(CNC2C3CC4CC(C3)C2C4)cs1. The number of aromatic nitrogens is 1. The first kappa shape index (κ1) is 13.7. The molecule has 0 aromatic carbocycles. The molecule has 4 nitrogen and oxygen atoms in total. The third kappa shape index (κ3) is 2.40. The number of nitrogens with zero attached hydrogens (tertiary/aromatic N) is 1. The number of carbonyl (C=O) groups is 1. The van der Waals surface area contributed by atoms with Gasteiger partial charge < -0.3 is 10.1 Å². The molecule has 21 heavy (non-hydrogen) atoms. The summed E-state index contributed by atoms with van der Waals surface area (Å²) in [6, 6.07) is 0.682. The molecule has 4 aliphatic rings. The molecule has 5 heteroatoms. The summed E-state index contributed by atoms with van der Waals surface area (Å²) < 4.78 is 4.99. The second-order valence-electron chi connectivity index (χ2n) is 6.76. The van der Waals surface area contributed by atoms with Crippen molar-refractivity contribution in [3.05, 3.63) is 16.1 Å². The zero-order valence-corrected chi connectivity index (χ0v) is 13.2. The first-order valence-electron chi connectivity index (χ1n) is 8.09. The quantitative estimate of drug-likeness (QED) is 0.850. The van der Waals surface area contributed by atoms with Crippen LogP contribution in [0.3, 0.4) is 0 Å². The van der Waals surface area contributed by atoms with E-state index < -0.39 is 0 Å². The van der Waals surface area contributed by atoms with Crippen molar-refractivity contribution in [2.45, 2.75) is 45.2 Å². The van der Waals surface area contributed by atoms with Crippen LogP contribution in [0.4, 0.5) is 0 Å². The first-order valence-corrected chi connectivity index (χ1v) is 8.97. The molecule has 4 fully saturated rings. The molecule has 5 atom stereocenters. The molecule has 114 valence electrons. The van der Waals surface area contributed by atoms with Crippen LogP contribution in [0.5, 0.6) is 0 Å². The molecule has 5 rings (SSSR count). The standard InChI is InChI=1S/C16H22N2O2S/c1-2-20-16(19)15-18-12(8-21-15)7-17-14-11-4-9-3-10(6-11)13(14)5-9/h8-11,13-14,17H,2-7H2,1H3. The molecule has 4 aliphatic carbocycles. The van der Waals surface area contributed by atoms with Crippen molar-refractivity contribution < 1.29 is 9.53 Å². The summed E-state index contributed by atoms with van der Waals surface area (Å²) in [5.41, 5.74) is 0.973. The summed E-state index contributed by atoms with van der Waals surface area (Å²) in [5.74, 6) is 3.49. The molecule has 0 amide bonds. The highest BCUT2D eigenvalue weighted by atomic mass is 32.1. The number of esters is 1. The molecule has 1 heterocycles. The van der Waals surface area contributed by atoms with Crippen LogP contribution in [0.25, 0.3) is 0 Å². The van der Waals surface area contributed by atoms with Crippen molar-refractivity contribution in [3.8, 4) is 0 Å². The van der Waals surface area contributed by atoms with Crippen molar-refractivity contribution in [1.29, 1.82) is 0 Å². The molecule has 0 spiro atoms. The van der Waals surface area contributed by atoms with Gasteiger partial charge in [0, 0.05) is 18.0 Å². The summed E-state index contributed by atoms with van der Waals surface area (Å²) in [5, 5.41) is 6.18. The molecule has 0 radical (unpaired) electrons. The number of hydrogen-bond acceptors (Lipinski definition) is 5. The lowest BCUT2D eigenvalue weighted by atomic mass is 9.79. The van der Waals surface area contributed by atoms with Crippen molar-refractivity contribution in [1.82, 2.24) is 10.3 Å². The Morgan fingerprint density at radius 2 is 2.24 bits per heavy atom. The van der Waals surface area contributed by atoms with E-state index in [0.717, 1.165) is 35.9 Å². The molecule has 0 aliphatic heterocycles. The number of rotatable bonds is 5. The maximum absolute atomic E-state index is 11.6. The zero-order chi connectivity index (χ0) is 14.4. The van der Waals surface area contributed by atoms with Crippen molar-refractivity contribution >= 4 is 17.3 Å². The van der Waals surface area contributed by atoms with Gasteiger partial charge in [-0.25, -0.2) is 9.78 Å². The van der Waals surface area contributed by atoms with E-state index in [-0.39, 0.29) is 5.97 Å². The predicted molar refractivity (Wildman–Crippen MR) is 81.1 cm³/mol. The summed E-state index contributed by atoms with van der Waals surface area (Å²) in [6.45, 7) is 3.00. The highest BCUT2D eigenvalue weighted by molar-refractivity contribution is 7.11. The number of carbonyl (C=O) groups excluding carboxylic acids is 1. The summed E-state index contributed by atoms with van der Waals surface area (Å²) in [6.07, 6.45) is 5.77. The van der Waals surface area contributed by atoms with Crippen molar-refractivity contribution in [3.63, 3.8) is 0 Å². The Kier molecular flexibility index (Phi) is 3.50. The van der Waals surface area contributed by atoms with Crippen LogP contribution in [0.1, 0.15) is 48.1 Å². The van der Waals surface area contributed by atoms with Crippen LogP contribution in [0.15, 0.2) is 5.38 Å². The minimum absolute atomic E-state index is 0.299. The van der Waals surface area contributed by atoms with Crippen molar-refractivity contribution in [2.75, 3.05) is 6.61 Å². The second kappa shape index (κ2) is 5.36. The Hall–Kier alpha value is -0.940. The van der Waals surface area contributed by atoms with Crippen LogP contribution >= 0.6 is 11.3 Å². The summed E-state index contributed by atoms with van der Waals surface area (Å²) >= 11 is 1.38. The van der Waals surface area contributed by atoms with E-state index in [4.69, 9.17) is 4.74 Å². The van der Waals surface area contributed by atoms with Crippen LogP contribution in [0.2, 0.25) is 0 Å². The molecule has 4 saturated carbocycles. The Morgan fingerprint density at radius 1 is 1.38 bits per heavy atom. The summed E-state index contributed by atoms with van der Waals surface area (Å²) in [4.78, 5) is 16.0. The topological polar surface area (TPSA) is 51.2 Å². The lowest BCUT2D eigenvalue weighted by molar-refractivity contribution is 0.0525. The average Bonchev–Trinajstić information content (AvgIpc) is 3.10. The van der Waals surface area contributed by atoms with Crippen molar-refractivity contribution in [2.24, 2.45) is 23.7 Å². The fourth-order valence-corrected chi connectivity index (χ4v) is 5.66. The second-order valence-corrected chi connectivity index (χ2v) is 7.62. The molecule has 1 aromatic rings. The summed E-state index contributed by atoms with van der Waals surface area (Å²) in [7, 11) is 0. The van der Waals surface area contributed by atoms with Gasteiger partial charge in [-0.3, -0.25) is 0 Å². The van der Waals surface area contributed by atoms with Crippen LogP contribution < -0.4 is 5.32 Å². The van der Waals surface area contributed by atoms with Crippen LogP contribution in [-0.4, -0.2) is 23.6 Å². The molecule has 5 unspecified atom stereocenters. The normalized spacial score (nSPS) is 36.3. The highest BCUT2D eigenvalue weighted by Gasteiger charge is 2.53. The molecular formula is C16H22N2O2S. The number of nitrogens with one attached hydrogen (secondary N) is 1. The van der Waals surface area contributed by atoms with Gasteiger partial charge in [-0.05, 0) is 56.3 Å². The van der Waals surface area contributed by atoms with E-state index >= 15 is 0 Å². The van der Waals surface area contributed by atoms with Gasteiger partial charge in [-0.1, -0.05) is 0 Å². The van der Waals surface area contributed by atoms with Gasteiger partial charge >= 0.3 is 5.97 Å². The minimum Gasteiger partial charge on any atom is -0.461 e. The Balaban J connectivity index is 1.36. The van der Waals surface area contributed by atoms with Gasteiger partial charge in [-0.2, -0.15) is 0 Å². The zero-order valence-electron chi connectivity index (χ0n) is 12.4. The van der Waals surface area contributed by atoms with E-state index in [1.807, 2.05) is 12.3 Å². The minimum atomic E-state index is -0.299. The Labute approximate surface area is 129 Å². The fourth-order valence-electron chi connectivity index (χ4n) is 4.95. The highest BCUT2D eigenvalue weighted by Crippen LogP contribution is 2.58. The van der Waals surface area contributed by atoms with Gasteiger partial charge in [-0.15, -0.1) is 11.3 Å². The van der Waals surface area contributed by atoms with E-state index in [0.29, 0.717) is 17.7 Å². The van der Waals surface area contributed by atoms with Crippen LogP contribution in [-0.2, 0) is 11.3 Å². The van der Waals surface area contributed by atoms with E-state index in [9.17, 15) is 4.79 Å². The number of hydrogen-bond donors (Lipinski definition) is 1. The van der Waals surface area contributed by atoms with Gasteiger partial charge in [0.05, 0.1) is 12.3 Å². The van der Waals surface area contributed by atoms with Gasteiger partial charge in [0.1, 0.15) is 0 Å². The number of thiazole rings is 1. The molecule has 4 bridgehead atoms. The monoisotopic (exact) mass is 306 g/mol. The maximum Gasteiger partial charge on any atom is 0.367 e. The fraction of sp³-hybridized carbons (Fsp3) is 0.750. The van der Waals surface area contributed by atoms with Crippen LogP contribution in [0, 0.1) is 23.7 Å². The smallest absolute Gasteiger partial charge is 0.367 e. The maximum atomic E-state index is 11.6. The van der Waals surface area contributed by atoms with E-state index in [2.05, 4.69) is 10.3 Å². The Morgan fingerprint density at radius 3 is 3.05 bits per heavy atom. The largest absolute Gasteiger partial charge is 0.461 e. The van der Waals surface area contributed by atoms with Gasteiger partial charge in [0.2, 0.25) is 5.01 Å². The average molecular weight is 306 g/mol. The lowest BCUT2D eigenvalue weighted by Gasteiger charge is -2.32. The first-order chi connectivity index (χ1) is 10.2. The predicted octanol–water partition coefficient (Wildman–Crippen LogP) is 2.84. The molecule has 1 aromatic heterocycles. The van der Waals surface area contributed by atoms with Gasteiger partial charge in [0.25, 0.3) is 0 Å². The van der Waals surface area contributed by atoms with E-state index in [1.54, 1.807) is 0 Å². The molecule has 1 N–H and O–H groups in total. The molecular weight excluding hydrogens is 284 g/mol. The lowest BCUT2D eigenvalue weighted by Crippen LogP contribution is -2.40. The third-order valence-corrected chi connectivity index (χ3v) is 6.45. The number of ether oxygens (including phenoxy) is 1. The Bertz CT molecular complexity index is 540. The third-order valence-electron chi connectivity index (χ3n) is 5.58. The van der Waals surface area contributed by atoms with E-state index in [1.165, 1.54) is 37.0 Å². The van der Waals surface area contributed by atoms with Gasteiger partial charge in [0.15, 0.2) is 0 Å². The molecule has 0 saturated heterocycles.